The summed E-state index contributed by atoms with van der Waals surface area (Å²) in [5, 5.41) is 8.98. The molecule has 112 valence electrons. The largest absolute Gasteiger partial charge is 0.496 e. The third kappa shape index (κ3) is 5.90. The second-order valence-electron chi connectivity index (χ2n) is 4.88. The predicted octanol–water partition coefficient (Wildman–Crippen LogP) is 1.91. The zero-order valence-electron chi connectivity index (χ0n) is 12.1. The number of methoxy groups -OCH3 is 1. The molecule has 0 atom stereocenters. The number of nitrogens with zero attached hydrogens (tertiary/aromatic N) is 2. The molecule has 0 aliphatic heterocycles. The number of aliphatic carboxylic acids is 1. The Hall–Kier alpha value is -1.11. The summed E-state index contributed by atoms with van der Waals surface area (Å²) >= 11 is 3.44. The van der Waals surface area contributed by atoms with Gasteiger partial charge in [-0.2, -0.15) is 0 Å². The molecule has 1 aromatic rings. The van der Waals surface area contributed by atoms with Gasteiger partial charge in [0.2, 0.25) is 0 Å². The molecule has 1 N–H and O–H groups in total. The van der Waals surface area contributed by atoms with E-state index in [1.54, 1.807) is 7.11 Å². The predicted molar refractivity (Wildman–Crippen MR) is 82.2 cm³/mol. The zero-order valence-corrected chi connectivity index (χ0v) is 13.7. The lowest BCUT2D eigenvalue weighted by atomic mass is 10.2. The molecule has 0 aromatic heterocycles. The van der Waals surface area contributed by atoms with Crippen LogP contribution in [0.1, 0.15) is 5.56 Å². The minimum atomic E-state index is -0.809. The summed E-state index contributed by atoms with van der Waals surface area (Å²) in [5.74, 6) is -0.0387. The van der Waals surface area contributed by atoms with Gasteiger partial charge in [-0.05, 0) is 47.7 Å². The zero-order chi connectivity index (χ0) is 15.1. The van der Waals surface area contributed by atoms with E-state index in [1.807, 2.05) is 42.1 Å². The molecule has 0 radical (unpaired) electrons. The summed E-state index contributed by atoms with van der Waals surface area (Å²) in [7, 11) is 5.57. The van der Waals surface area contributed by atoms with Crippen molar-refractivity contribution >= 4 is 21.9 Å². The van der Waals surface area contributed by atoms with Crippen LogP contribution in [-0.4, -0.2) is 61.7 Å². The van der Waals surface area contributed by atoms with Gasteiger partial charge >= 0.3 is 5.97 Å². The van der Waals surface area contributed by atoms with Crippen molar-refractivity contribution in [3.8, 4) is 5.75 Å². The van der Waals surface area contributed by atoms with E-state index in [-0.39, 0.29) is 6.54 Å². The van der Waals surface area contributed by atoms with E-state index in [4.69, 9.17) is 9.84 Å². The Labute approximate surface area is 128 Å². The topological polar surface area (TPSA) is 53.0 Å². The van der Waals surface area contributed by atoms with Crippen LogP contribution in [0.5, 0.6) is 5.75 Å². The highest BCUT2D eigenvalue weighted by molar-refractivity contribution is 9.10. The Kier molecular flexibility index (Phi) is 6.98. The molecule has 0 aliphatic rings. The van der Waals surface area contributed by atoms with Crippen LogP contribution in [0, 0.1) is 0 Å². The highest BCUT2D eigenvalue weighted by Gasteiger charge is 2.11. The van der Waals surface area contributed by atoms with Gasteiger partial charge in [-0.15, -0.1) is 0 Å². The molecule has 6 heteroatoms. The smallest absolute Gasteiger partial charge is 0.317 e. The highest BCUT2D eigenvalue weighted by atomic mass is 79.9. The van der Waals surface area contributed by atoms with E-state index in [0.717, 1.165) is 22.3 Å². The van der Waals surface area contributed by atoms with Crippen molar-refractivity contribution in [2.75, 3.05) is 40.8 Å². The monoisotopic (exact) mass is 344 g/mol. The highest BCUT2D eigenvalue weighted by Crippen LogP contribution is 2.26. The first kappa shape index (κ1) is 16.9. The van der Waals surface area contributed by atoms with E-state index >= 15 is 0 Å². The summed E-state index contributed by atoms with van der Waals surface area (Å²) < 4.78 is 6.06. The van der Waals surface area contributed by atoms with Crippen LogP contribution in [0.3, 0.4) is 0 Å². The summed E-state index contributed by atoms with van der Waals surface area (Å²) in [4.78, 5) is 14.9. The summed E-state index contributed by atoms with van der Waals surface area (Å²) in [6.07, 6.45) is 0. The number of hydrogen-bond donors (Lipinski definition) is 1. The van der Waals surface area contributed by atoms with Gasteiger partial charge in [-0.3, -0.25) is 9.69 Å². The number of carboxylic acid groups (broad SMARTS) is 1. The van der Waals surface area contributed by atoms with Gasteiger partial charge in [0.15, 0.2) is 0 Å². The van der Waals surface area contributed by atoms with Gasteiger partial charge in [-0.25, -0.2) is 0 Å². The minimum Gasteiger partial charge on any atom is -0.496 e. The van der Waals surface area contributed by atoms with Crippen LogP contribution >= 0.6 is 15.9 Å². The molecule has 5 nitrogen and oxygen atoms in total. The summed E-state index contributed by atoms with van der Waals surface area (Å²) in [5.41, 5.74) is 1.05. The third-order valence-electron chi connectivity index (χ3n) is 2.84. The maximum Gasteiger partial charge on any atom is 0.317 e. The molecule has 0 saturated heterocycles. The van der Waals surface area contributed by atoms with Crippen molar-refractivity contribution in [2.45, 2.75) is 6.54 Å². The SMILES string of the molecule is COc1ccc(CN(CCN(C)C)CC(=O)O)cc1Br. The lowest BCUT2D eigenvalue weighted by Gasteiger charge is -2.22. The van der Waals surface area contributed by atoms with Crippen molar-refractivity contribution < 1.29 is 14.6 Å². The van der Waals surface area contributed by atoms with Crippen LogP contribution in [0.15, 0.2) is 22.7 Å². The van der Waals surface area contributed by atoms with E-state index in [1.165, 1.54) is 0 Å². The molecule has 0 bridgehead atoms. The Morgan fingerprint density at radius 1 is 1.35 bits per heavy atom. The fourth-order valence-corrected chi connectivity index (χ4v) is 2.40. The van der Waals surface area contributed by atoms with Gasteiger partial charge in [-0.1, -0.05) is 6.07 Å². The Morgan fingerprint density at radius 3 is 2.55 bits per heavy atom. The lowest BCUT2D eigenvalue weighted by Crippen LogP contribution is -2.35. The second-order valence-corrected chi connectivity index (χ2v) is 5.73. The van der Waals surface area contributed by atoms with Gasteiger partial charge in [0.05, 0.1) is 18.1 Å². The van der Waals surface area contributed by atoms with E-state index in [2.05, 4.69) is 15.9 Å². The Morgan fingerprint density at radius 2 is 2.05 bits per heavy atom. The molecule has 0 unspecified atom stereocenters. The van der Waals surface area contributed by atoms with Gasteiger partial charge in [0, 0.05) is 19.6 Å². The first-order valence-corrected chi connectivity index (χ1v) is 7.13. The van der Waals surface area contributed by atoms with Crippen LogP contribution in [0.25, 0.3) is 0 Å². The van der Waals surface area contributed by atoms with Crippen molar-refractivity contribution in [1.29, 1.82) is 0 Å². The molecule has 0 fully saturated rings. The molecular weight excluding hydrogens is 324 g/mol. The molecule has 0 saturated carbocycles. The van der Waals surface area contributed by atoms with Crippen LogP contribution in [0.2, 0.25) is 0 Å². The fraction of sp³-hybridized carbons (Fsp3) is 0.500. The van der Waals surface area contributed by atoms with E-state index in [9.17, 15) is 4.79 Å². The van der Waals surface area contributed by atoms with Crippen LogP contribution < -0.4 is 4.74 Å². The van der Waals surface area contributed by atoms with Crippen molar-refractivity contribution in [1.82, 2.24) is 9.80 Å². The fourth-order valence-electron chi connectivity index (χ4n) is 1.81. The molecule has 1 aromatic carbocycles. The number of ether oxygens (including phenoxy) is 1. The van der Waals surface area contributed by atoms with Crippen LogP contribution in [-0.2, 0) is 11.3 Å². The van der Waals surface area contributed by atoms with E-state index < -0.39 is 5.97 Å². The van der Waals surface area contributed by atoms with Crippen LogP contribution in [0.4, 0.5) is 0 Å². The van der Waals surface area contributed by atoms with Gasteiger partial charge in [0.1, 0.15) is 5.75 Å². The van der Waals surface area contributed by atoms with Crippen molar-refractivity contribution in [3.05, 3.63) is 28.2 Å². The molecule has 1 rings (SSSR count). The van der Waals surface area contributed by atoms with Crippen molar-refractivity contribution in [3.63, 3.8) is 0 Å². The minimum absolute atomic E-state index is 0.0392. The number of carboxylic acids is 1. The standard InChI is InChI=1S/C14H21BrN2O3/c1-16(2)6-7-17(10-14(18)19)9-11-4-5-13(20-3)12(15)8-11/h4-5,8H,6-7,9-10H2,1-3H3,(H,18,19). The Balaban J connectivity index is 2.72. The number of likely N-dealkylation sites (N-methyl/N-ethyl adjacent to an activating group) is 1. The number of carbonyl (C=O) groups is 1. The normalized spacial score (nSPS) is 11.1. The maximum atomic E-state index is 10.9. The first-order valence-electron chi connectivity index (χ1n) is 6.33. The quantitative estimate of drug-likeness (QED) is 0.780. The van der Waals surface area contributed by atoms with Crippen molar-refractivity contribution in [2.24, 2.45) is 0 Å². The molecule has 0 heterocycles. The van der Waals surface area contributed by atoms with Gasteiger partial charge < -0.3 is 14.7 Å². The summed E-state index contributed by atoms with van der Waals surface area (Å²) in [6, 6.07) is 5.79. The molecule has 0 spiro atoms. The maximum absolute atomic E-state index is 10.9. The first-order chi connectivity index (χ1) is 9.42. The molecular formula is C14H21BrN2O3. The molecule has 0 amide bonds. The lowest BCUT2D eigenvalue weighted by molar-refractivity contribution is -0.138. The number of halogens is 1. The summed E-state index contributed by atoms with van der Waals surface area (Å²) in [6.45, 7) is 2.17. The van der Waals surface area contributed by atoms with Gasteiger partial charge in [0.25, 0.3) is 0 Å². The molecule has 0 aliphatic carbocycles. The van der Waals surface area contributed by atoms with E-state index in [0.29, 0.717) is 13.1 Å². The average Bonchev–Trinajstić information content (AvgIpc) is 2.35. The number of hydrogen-bond acceptors (Lipinski definition) is 4. The third-order valence-corrected chi connectivity index (χ3v) is 3.46. The Bertz CT molecular complexity index is 452. The molecule has 20 heavy (non-hydrogen) atoms. The average molecular weight is 345 g/mol. The second kappa shape index (κ2) is 8.24. The number of benzene rings is 1. The number of rotatable bonds is 8.